The third-order valence-electron chi connectivity index (χ3n) is 1.11. The third-order valence-corrected chi connectivity index (χ3v) is 1.11. The van der Waals surface area contributed by atoms with Gasteiger partial charge in [-0.3, -0.25) is 4.79 Å². The molecule has 0 saturated heterocycles. The Morgan fingerprint density at radius 1 is 1.60 bits per heavy atom. The fourth-order valence-corrected chi connectivity index (χ4v) is 0.431. The molecule has 0 saturated carbocycles. The van der Waals surface area contributed by atoms with E-state index in [1.54, 1.807) is 13.0 Å². The maximum Gasteiger partial charge on any atom is 0.244 e. The van der Waals surface area contributed by atoms with Crippen LogP contribution in [0.5, 0.6) is 0 Å². The molecule has 0 aromatic carbocycles. The van der Waals surface area contributed by atoms with E-state index in [4.69, 9.17) is 5.73 Å². The lowest BCUT2D eigenvalue weighted by atomic mass is 10.2. The van der Waals surface area contributed by atoms with E-state index in [0.717, 1.165) is 6.42 Å². The van der Waals surface area contributed by atoms with Crippen molar-refractivity contribution in [3.63, 3.8) is 0 Å². The van der Waals surface area contributed by atoms with Crippen molar-refractivity contribution in [2.24, 2.45) is 5.73 Å². The van der Waals surface area contributed by atoms with Gasteiger partial charge in [0.25, 0.3) is 0 Å². The van der Waals surface area contributed by atoms with Crippen LogP contribution >= 0.6 is 0 Å². The van der Waals surface area contributed by atoms with Crippen LogP contribution < -0.4 is 5.73 Å². The Hall–Kier alpha value is -1.05. The summed E-state index contributed by atoms with van der Waals surface area (Å²) in [6, 6.07) is 0. The van der Waals surface area contributed by atoms with Crippen LogP contribution in [-0.4, -0.2) is 5.91 Å². The summed E-state index contributed by atoms with van der Waals surface area (Å²) in [4.78, 5) is 10.4. The molecule has 0 radical (unpaired) electrons. The van der Waals surface area contributed by atoms with Gasteiger partial charge >= 0.3 is 0 Å². The zero-order valence-electron chi connectivity index (χ0n) is 6.42. The predicted molar refractivity (Wildman–Crippen MR) is 42.4 cm³/mol. The van der Waals surface area contributed by atoms with E-state index in [9.17, 15) is 4.79 Å². The van der Waals surface area contributed by atoms with Gasteiger partial charge in [0.15, 0.2) is 0 Å². The first kappa shape index (κ1) is 8.95. The number of amides is 1. The SMILES string of the molecule is CC/C=C\C=C(/C)C(N)=O. The molecule has 0 fully saturated rings. The standard InChI is InChI=1S/C8H13NO/c1-3-4-5-6-7(2)8(9)10/h4-6H,3H2,1-2H3,(H2,9,10)/b5-4-,7-6+. The van der Waals surface area contributed by atoms with Crippen molar-refractivity contribution in [1.82, 2.24) is 0 Å². The van der Waals surface area contributed by atoms with E-state index in [-0.39, 0.29) is 5.91 Å². The zero-order chi connectivity index (χ0) is 7.98. The van der Waals surface area contributed by atoms with Crippen molar-refractivity contribution in [2.45, 2.75) is 20.3 Å². The Morgan fingerprint density at radius 2 is 2.20 bits per heavy atom. The van der Waals surface area contributed by atoms with Crippen molar-refractivity contribution >= 4 is 5.91 Å². The summed E-state index contributed by atoms with van der Waals surface area (Å²) in [5.41, 5.74) is 5.56. The Morgan fingerprint density at radius 3 is 2.60 bits per heavy atom. The van der Waals surface area contributed by atoms with Gasteiger partial charge in [-0.05, 0) is 13.3 Å². The van der Waals surface area contributed by atoms with E-state index in [0.29, 0.717) is 5.57 Å². The van der Waals surface area contributed by atoms with Gasteiger partial charge in [-0.1, -0.05) is 25.2 Å². The van der Waals surface area contributed by atoms with Crippen LogP contribution in [-0.2, 0) is 4.79 Å². The van der Waals surface area contributed by atoms with Crippen molar-refractivity contribution in [3.8, 4) is 0 Å². The number of allylic oxidation sites excluding steroid dienone is 3. The first-order chi connectivity index (χ1) is 4.68. The van der Waals surface area contributed by atoms with E-state index in [1.165, 1.54) is 0 Å². The molecule has 0 aliphatic rings. The second-order valence-corrected chi connectivity index (χ2v) is 2.05. The molecule has 0 aromatic heterocycles. The summed E-state index contributed by atoms with van der Waals surface area (Å²) in [5, 5.41) is 0. The Kier molecular flexibility index (Phi) is 4.29. The first-order valence-corrected chi connectivity index (χ1v) is 3.31. The highest BCUT2D eigenvalue weighted by Crippen LogP contribution is 1.91. The number of hydrogen-bond acceptors (Lipinski definition) is 1. The molecular formula is C8H13NO. The van der Waals surface area contributed by atoms with Crippen LogP contribution in [0.1, 0.15) is 20.3 Å². The summed E-state index contributed by atoms with van der Waals surface area (Å²) in [6.45, 7) is 3.73. The second kappa shape index (κ2) is 4.79. The maximum absolute atomic E-state index is 10.4. The number of rotatable bonds is 3. The summed E-state index contributed by atoms with van der Waals surface area (Å²) >= 11 is 0. The normalized spacial score (nSPS) is 12.4. The number of carbonyl (C=O) groups is 1. The highest BCUT2D eigenvalue weighted by molar-refractivity contribution is 5.91. The fraction of sp³-hybridized carbons (Fsp3) is 0.375. The van der Waals surface area contributed by atoms with Crippen LogP contribution in [0.2, 0.25) is 0 Å². The number of carbonyl (C=O) groups excluding carboxylic acids is 1. The molecule has 1 amide bonds. The molecule has 0 heterocycles. The van der Waals surface area contributed by atoms with Gasteiger partial charge in [0.2, 0.25) is 5.91 Å². The third kappa shape index (κ3) is 3.89. The van der Waals surface area contributed by atoms with Gasteiger partial charge in [-0.15, -0.1) is 0 Å². The summed E-state index contributed by atoms with van der Waals surface area (Å²) in [7, 11) is 0. The summed E-state index contributed by atoms with van der Waals surface area (Å²) < 4.78 is 0. The van der Waals surface area contributed by atoms with Gasteiger partial charge < -0.3 is 5.73 Å². The molecule has 0 aromatic rings. The average Bonchev–Trinajstić information content (AvgIpc) is 1.88. The number of hydrogen-bond donors (Lipinski definition) is 1. The molecule has 2 nitrogen and oxygen atoms in total. The molecule has 0 atom stereocenters. The van der Waals surface area contributed by atoms with Crippen molar-refractivity contribution in [1.29, 1.82) is 0 Å². The molecule has 0 aliphatic heterocycles. The molecule has 0 rings (SSSR count). The second-order valence-electron chi connectivity index (χ2n) is 2.05. The van der Waals surface area contributed by atoms with Gasteiger partial charge in [0.1, 0.15) is 0 Å². The lowest BCUT2D eigenvalue weighted by Crippen LogP contribution is -2.11. The van der Waals surface area contributed by atoms with Crippen molar-refractivity contribution < 1.29 is 4.79 Å². The molecular weight excluding hydrogens is 126 g/mol. The predicted octanol–water partition coefficient (Wildman–Crippen LogP) is 1.38. The Labute approximate surface area is 61.4 Å². The molecule has 0 spiro atoms. The molecule has 0 unspecified atom stereocenters. The molecule has 10 heavy (non-hydrogen) atoms. The van der Waals surface area contributed by atoms with Gasteiger partial charge in [0, 0.05) is 5.57 Å². The number of nitrogens with two attached hydrogens (primary N) is 1. The minimum atomic E-state index is -0.360. The largest absolute Gasteiger partial charge is 0.366 e. The molecule has 2 heteroatoms. The van der Waals surface area contributed by atoms with Crippen LogP contribution in [0.25, 0.3) is 0 Å². The van der Waals surface area contributed by atoms with Crippen molar-refractivity contribution in [3.05, 3.63) is 23.8 Å². The van der Waals surface area contributed by atoms with E-state index in [1.807, 2.05) is 19.1 Å². The quantitative estimate of drug-likeness (QED) is 0.466. The van der Waals surface area contributed by atoms with Crippen LogP contribution in [0.15, 0.2) is 23.8 Å². The zero-order valence-corrected chi connectivity index (χ0v) is 6.42. The Balaban J connectivity index is 3.92. The Bertz CT molecular complexity index is 168. The van der Waals surface area contributed by atoms with Crippen LogP contribution in [0.3, 0.4) is 0 Å². The smallest absolute Gasteiger partial charge is 0.244 e. The average molecular weight is 139 g/mol. The summed E-state index contributed by atoms with van der Waals surface area (Å²) in [6.07, 6.45) is 6.49. The van der Waals surface area contributed by atoms with Crippen molar-refractivity contribution in [2.75, 3.05) is 0 Å². The fourth-order valence-electron chi connectivity index (χ4n) is 0.431. The monoisotopic (exact) mass is 139 g/mol. The maximum atomic E-state index is 10.4. The van der Waals surface area contributed by atoms with E-state index >= 15 is 0 Å². The molecule has 2 N–H and O–H groups in total. The lowest BCUT2D eigenvalue weighted by Gasteiger charge is -1.87. The van der Waals surface area contributed by atoms with E-state index in [2.05, 4.69) is 0 Å². The van der Waals surface area contributed by atoms with Crippen LogP contribution in [0.4, 0.5) is 0 Å². The van der Waals surface area contributed by atoms with E-state index < -0.39 is 0 Å². The molecule has 0 aliphatic carbocycles. The van der Waals surface area contributed by atoms with Gasteiger partial charge in [-0.25, -0.2) is 0 Å². The minimum Gasteiger partial charge on any atom is -0.366 e. The molecule has 0 bridgehead atoms. The number of primary amides is 1. The lowest BCUT2D eigenvalue weighted by molar-refractivity contribution is -0.114. The topological polar surface area (TPSA) is 43.1 Å². The minimum absolute atomic E-state index is 0.360. The van der Waals surface area contributed by atoms with Gasteiger partial charge in [-0.2, -0.15) is 0 Å². The van der Waals surface area contributed by atoms with Gasteiger partial charge in [0.05, 0.1) is 0 Å². The first-order valence-electron chi connectivity index (χ1n) is 3.31. The highest BCUT2D eigenvalue weighted by atomic mass is 16.1. The highest BCUT2D eigenvalue weighted by Gasteiger charge is 1.91. The van der Waals surface area contributed by atoms with Crippen LogP contribution in [0, 0.1) is 0 Å². The molecule has 56 valence electrons. The summed E-state index contributed by atoms with van der Waals surface area (Å²) in [5.74, 6) is -0.360.